The van der Waals surface area contributed by atoms with Crippen LogP contribution in [0.2, 0.25) is 5.02 Å². The second kappa shape index (κ2) is 9.28. The number of halogens is 1. The van der Waals surface area contributed by atoms with Crippen molar-refractivity contribution in [3.05, 3.63) is 93.6 Å². The van der Waals surface area contributed by atoms with Gasteiger partial charge in [0, 0.05) is 11.2 Å². The SMILES string of the molecule is Cc1ccc(C)c(OCc2c(C(=O)Nc3cnn(Cc4cccc(Cl)c4)c3)noc2C)c1. The number of nitrogens with zero attached hydrogens (tertiary/aromatic N) is 3. The van der Waals surface area contributed by atoms with E-state index in [1.54, 1.807) is 24.0 Å². The highest BCUT2D eigenvalue weighted by atomic mass is 35.5. The van der Waals surface area contributed by atoms with Crippen molar-refractivity contribution in [2.75, 3.05) is 5.32 Å². The van der Waals surface area contributed by atoms with Gasteiger partial charge in [0.05, 0.1) is 24.0 Å². The fourth-order valence-corrected chi connectivity index (χ4v) is 3.49. The Bertz CT molecular complexity index is 1260. The number of carbonyl (C=O) groups excluding carboxylic acids is 1. The molecule has 32 heavy (non-hydrogen) atoms. The van der Waals surface area contributed by atoms with Gasteiger partial charge in [-0.1, -0.05) is 41.0 Å². The van der Waals surface area contributed by atoms with Crippen LogP contribution >= 0.6 is 11.6 Å². The van der Waals surface area contributed by atoms with Crippen LogP contribution in [0.15, 0.2) is 59.4 Å². The Morgan fingerprint density at radius 3 is 2.84 bits per heavy atom. The van der Waals surface area contributed by atoms with Crippen LogP contribution in [0.25, 0.3) is 0 Å². The monoisotopic (exact) mass is 450 g/mol. The zero-order valence-electron chi connectivity index (χ0n) is 18.1. The number of ether oxygens (including phenoxy) is 1. The van der Waals surface area contributed by atoms with E-state index in [9.17, 15) is 4.79 Å². The Morgan fingerprint density at radius 1 is 1.19 bits per heavy atom. The maximum atomic E-state index is 12.8. The summed E-state index contributed by atoms with van der Waals surface area (Å²) >= 11 is 6.04. The topological polar surface area (TPSA) is 82.2 Å². The fraction of sp³-hybridized carbons (Fsp3) is 0.208. The summed E-state index contributed by atoms with van der Waals surface area (Å²) in [5, 5.41) is 11.7. The first kappa shape index (κ1) is 21.6. The lowest BCUT2D eigenvalue weighted by molar-refractivity contribution is 0.101. The fourth-order valence-electron chi connectivity index (χ4n) is 3.28. The molecule has 2 aromatic carbocycles. The minimum atomic E-state index is -0.385. The number of anilines is 1. The van der Waals surface area contributed by atoms with Crippen LogP contribution in [0.3, 0.4) is 0 Å². The van der Waals surface area contributed by atoms with Crippen LogP contribution in [0.4, 0.5) is 5.69 Å². The number of amides is 1. The highest BCUT2D eigenvalue weighted by Crippen LogP contribution is 2.23. The van der Waals surface area contributed by atoms with E-state index in [0.717, 1.165) is 22.4 Å². The van der Waals surface area contributed by atoms with E-state index < -0.39 is 0 Å². The predicted octanol–water partition coefficient (Wildman–Crippen LogP) is 5.33. The molecule has 0 saturated carbocycles. The van der Waals surface area contributed by atoms with Gasteiger partial charge in [0.15, 0.2) is 5.69 Å². The first-order valence-corrected chi connectivity index (χ1v) is 10.5. The summed E-state index contributed by atoms with van der Waals surface area (Å²) in [4.78, 5) is 12.8. The zero-order chi connectivity index (χ0) is 22.7. The van der Waals surface area contributed by atoms with Crippen LogP contribution in [0.5, 0.6) is 5.75 Å². The number of hydrogen-bond acceptors (Lipinski definition) is 5. The van der Waals surface area contributed by atoms with Gasteiger partial charge in [-0.25, -0.2) is 0 Å². The summed E-state index contributed by atoms with van der Waals surface area (Å²) in [6, 6.07) is 13.5. The lowest BCUT2D eigenvalue weighted by atomic mass is 10.1. The summed E-state index contributed by atoms with van der Waals surface area (Å²) in [7, 11) is 0. The molecule has 0 spiro atoms. The van der Waals surface area contributed by atoms with Gasteiger partial charge in [-0.2, -0.15) is 5.10 Å². The number of rotatable bonds is 7. The van der Waals surface area contributed by atoms with Crippen molar-refractivity contribution >= 4 is 23.2 Å². The van der Waals surface area contributed by atoms with Crippen LogP contribution in [0.1, 0.15) is 38.5 Å². The Hall–Kier alpha value is -3.58. The second-order valence-electron chi connectivity index (χ2n) is 7.63. The summed E-state index contributed by atoms with van der Waals surface area (Å²) < 4.78 is 12.9. The quantitative estimate of drug-likeness (QED) is 0.411. The molecular weight excluding hydrogens is 428 g/mol. The molecule has 0 unspecified atom stereocenters. The van der Waals surface area contributed by atoms with Gasteiger partial charge >= 0.3 is 0 Å². The maximum Gasteiger partial charge on any atom is 0.278 e. The average Bonchev–Trinajstić information content (AvgIpc) is 3.34. The molecule has 8 heteroatoms. The molecule has 0 atom stereocenters. The summed E-state index contributed by atoms with van der Waals surface area (Å²) in [5.74, 6) is 0.917. The molecule has 0 saturated heterocycles. The molecule has 0 aliphatic carbocycles. The van der Waals surface area contributed by atoms with Gasteiger partial charge in [0.1, 0.15) is 18.1 Å². The number of aromatic nitrogens is 3. The van der Waals surface area contributed by atoms with Crippen molar-refractivity contribution in [1.82, 2.24) is 14.9 Å². The van der Waals surface area contributed by atoms with Crippen LogP contribution in [-0.4, -0.2) is 20.8 Å². The molecule has 4 rings (SSSR count). The Balaban J connectivity index is 1.44. The molecule has 0 aliphatic heterocycles. The number of hydrogen-bond donors (Lipinski definition) is 1. The average molecular weight is 451 g/mol. The Kier molecular flexibility index (Phi) is 6.28. The molecule has 1 N–H and O–H groups in total. The van der Waals surface area contributed by atoms with Gasteiger partial charge in [-0.05, 0) is 55.7 Å². The molecule has 7 nitrogen and oxygen atoms in total. The molecule has 2 heterocycles. The molecule has 0 fully saturated rings. The molecule has 4 aromatic rings. The third kappa shape index (κ3) is 5.00. The van der Waals surface area contributed by atoms with Crippen molar-refractivity contribution in [3.63, 3.8) is 0 Å². The maximum absolute atomic E-state index is 12.8. The second-order valence-corrected chi connectivity index (χ2v) is 8.07. The highest BCUT2D eigenvalue weighted by Gasteiger charge is 2.21. The summed E-state index contributed by atoms with van der Waals surface area (Å²) in [5.41, 5.74) is 4.48. The van der Waals surface area contributed by atoms with Gasteiger partial charge in [-0.3, -0.25) is 9.48 Å². The zero-order valence-corrected chi connectivity index (χ0v) is 18.8. The molecule has 2 aromatic heterocycles. The van der Waals surface area contributed by atoms with Gasteiger partial charge in [0.2, 0.25) is 0 Å². The number of benzene rings is 2. The number of aryl methyl sites for hydroxylation is 3. The van der Waals surface area contributed by atoms with Gasteiger partial charge in [0.25, 0.3) is 5.91 Å². The molecule has 0 bridgehead atoms. The van der Waals surface area contributed by atoms with Crippen LogP contribution in [-0.2, 0) is 13.2 Å². The first-order chi connectivity index (χ1) is 15.4. The summed E-state index contributed by atoms with van der Waals surface area (Å²) in [6.45, 7) is 6.45. The Morgan fingerprint density at radius 2 is 2.03 bits per heavy atom. The van der Waals surface area contributed by atoms with Crippen molar-refractivity contribution in [2.45, 2.75) is 33.9 Å². The van der Waals surface area contributed by atoms with E-state index in [0.29, 0.717) is 28.6 Å². The number of nitrogens with one attached hydrogen (secondary N) is 1. The standard InChI is InChI=1S/C24H23ClN4O3/c1-15-7-8-16(2)22(9-15)31-14-21-17(3)32-28-23(21)24(30)27-20-11-26-29(13-20)12-18-5-4-6-19(25)10-18/h4-11,13H,12,14H2,1-3H3,(H,27,30). The molecular formula is C24H23ClN4O3. The third-order valence-electron chi connectivity index (χ3n) is 5.04. The first-order valence-electron chi connectivity index (χ1n) is 10.1. The third-order valence-corrected chi connectivity index (χ3v) is 5.28. The molecule has 0 aliphatic rings. The highest BCUT2D eigenvalue weighted by molar-refractivity contribution is 6.30. The van der Waals surface area contributed by atoms with Crippen molar-refractivity contribution in [2.24, 2.45) is 0 Å². The number of carbonyl (C=O) groups is 1. The van der Waals surface area contributed by atoms with Crippen LogP contribution < -0.4 is 10.1 Å². The van der Waals surface area contributed by atoms with Crippen molar-refractivity contribution in [1.29, 1.82) is 0 Å². The molecule has 164 valence electrons. The van der Waals surface area contributed by atoms with Crippen molar-refractivity contribution < 1.29 is 14.1 Å². The predicted molar refractivity (Wildman–Crippen MR) is 122 cm³/mol. The minimum absolute atomic E-state index is 0.177. The Labute approximate surface area is 190 Å². The van der Waals surface area contributed by atoms with E-state index in [2.05, 4.69) is 15.6 Å². The van der Waals surface area contributed by atoms with E-state index in [-0.39, 0.29) is 18.2 Å². The van der Waals surface area contributed by atoms with E-state index >= 15 is 0 Å². The lowest BCUT2D eigenvalue weighted by Gasteiger charge is -2.10. The van der Waals surface area contributed by atoms with Gasteiger partial charge < -0.3 is 14.6 Å². The van der Waals surface area contributed by atoms with E-state index in [1.165, 1.54) is 0 Å². The van der Waals surface area contributed by atoms with E-state index in [4.69, 9.17) is 20.9 Å². The molecule has 1 amide bonds. The summed E-state index contributed by atoms with van der Waals surface area (Å²) in [6.07, 6.45) is 3.33. The van der Waals surface area contributed by atoms with Crippen LogP contribution in [0, 0.1) is 20.8 Å². The lowest BCUT2D eigenvalue weighted by Crippen LogP contribution is -2.15. The van der Waals surface area contributed by atoms with E-state index in [1.807, 2.05) is 56.3 Å². The van der Waals surface area contributed by atoms with Gasteiger partial charge in [-0.15, -0.1) is 0 Å². The molecule has 0 radical (unpaired) electrons. The largest absolute Gasteiger partial charge is 0.488 e. The normalized spacial score (nSPS) is 10.9. The van der Waals surface area contributed by atoms with Crippen molar-refractivity contribution in [3.8, 4) is 5.75 Å². The smallest absolute Gasteiger partial charge is 0.278 e. The minimum Gasteiger partial charge on any atom is -0.488 e.